The molecule has 3 heteroatoms. The highest BCUT2D eigenvalue weighted by Crippen LogP contribution is 2.42. The SMILES string of the molecule is CCC1(C(=O)NC2CC[C@H]3CNC[C@H]3C2)CCCC1. The molecule has 0 aromatic heterocycles. The van der Waals surface area contributed by atoms with Crippen molar-refractivity contribution in [3.8, 4) is 0 Å². The molecule has 1 heterocycles. The van der Waals surface area contributed by atoms with Crippen molar-refractivity contribution in [1.29, 1.82) is 0 Å². The van der Waals surface area contributed by atoms with E-state index < -0.39 is 0 Å². The Morgan fingerprint density at radius 2 is 1.95 bits per heavy atom. The van der Waals surface area contributed by atoms with E-state index in [1.54, 1.807) is 0 Å². The summed E-state index contributed by atoms with van der Waals surface area (Å²) in [6.45, 7) is 4.54. The summed E-state index contributed by atoms with van der Waals surface area (Å²) < 4.78 is 0. The van der Waals surface area contributed by atoms with Gasteiger partial charge >= 0.3 is 0 Å². The van der Waals surface area contributed by atoms with Gasteiger partial charge in [0.1, 0.15) is 0 Å². The second-order valence-corrected chi connectivity index (χ2v) is 7.00. The van der Waals surface area contributed by atoms with Crippen molar-refractivity contribution in [3.05, 3.63) is 0 Å². The summed E-state index contributed by atoms with van der Waals surface area (Å²) in [5, 5.41) is 6.90. The second-order valence-electron chi connectivity index (χ2n) is 7.00. The summed E-state index contributed by atoms with van der Waals surface area (Å²) in [5.74, 6) is 2.04. The van der Waals surface area contributed by atoms with Gasteiger partial charge in [-0.1, -0.05) is 19.8 Å². The lowest BCUT2D eigenvalue weighted by Gasteiger charge is -2.35. The van der Waals surface area contributed by atoms with Crippen molar-refractivity contribution >= 4 is 5.91 Å². The Kier molecular flexibility index (Phi) is 3.84. The van der Waals surface area contributed by atoms with Crippen molar-refractivity contribution < 1.29 is 4.79 Å². The van der Waals surface area contributed by atoms with Gasteiger partial charge in [-0.25, -0.2) is 0 Å². The van der Waals surface area contributed by atoms with Crippen LogP contribution in [0.25, 0.3) is 0 Å². The first-order chi connectivity index (χ1) is 9.23. The molecule has 0 aromatic carbocycles. The normalized spacial score (nSPS) is 37.0. The summed E-state index contributed by atoms with van der Waals surface area (Å²) in [4.78, 5) is 12.6. The molecule has 0 aromatic rings. The van der Waals surface area contributed by atoms with E-state index in [2.05, 4.69) is 17.6 Å². The fourth-order valence-corrected chi connectivity index (χ4v) is 4.56. The molecular formula is C16H28N2O. The van der Waals surface area contributed by atoms with Crippen LogP contribution in [0.5, 0.6) is 0 Å². The number of hydrogen-bond acceptors (Lipinski definition) is 2. The van der Waals surface area contributed by atoms with Gasteiger partial charge in [0.05, 0.1) is 0 Å². The Morgan fingerprint density at radius 3 is 2.68 bits per heavy atom. The molecular weight excluding hydrogens is 236 g/mol. The molecule has 3 aliphatic rings. The predicted molar refractivity (Wildman–Crippen MR) is 76.8 cm³/mol. The number of hydrogen-bond donors (Lipinski definition) is 2. The van der Waals surface area contributed by atoms with Crippen molar-refractivity contribution in [2.45, 2.75) is 64.3 Å². The van der Waals surface area contributed by atoms with Gasteiger partial charge in [-0.3, -0.25) is 4.79 Å². The molecule has 0 bridgehead atoms. The topological polar surface area (TPSA) is 41.1 Å². The monoisotopic (exact) mass is 264 g/mol. The van der Waals surface area contributed by atoms with Gasteiger partial charge < -0.3 is 10.6 Å². The Balaban J connectivity index is 1.57. The summed E-state index contributed by atoms with van der Waals surface area (Å²) in [7, 11) is 0. The number of rotatable bonds is 3. The van der Waals surface area contributed by atoms with Gasteiger partial charge in [0.15, 0.2) is 0 Å². The number of amides is 1. The molecule has 2 saturated carbocycles. The van der Waals surface area contributed by atoms with E-state index in [1.165, 1.54) is 38.6 Å². The third kappa shape index (κ3) is 2.54. The van der Waals surface area contributed by atoms with E-state index in [0.29, 0.717) is 11.9 Å². The number of nitrogens with one attached hydrogen (secondary N) is 2. The molecule has 19 heavy (non-hydrogen) atoms. The Labute approximate surface area is 116 Å². The van der Waals surface area contributed by atoms with Crippen molar-refractivity contribution in [2.75, 3.05) is 13.1 Å². The minimum Gasteiger partial charge on any atom is -0.353 e. The standard InChI is InChI=1S/C16H28N2O/c1-2-16(7-3-4-8-16)15(19)18-14-6-5-12-10-17-11-13(12)9-14/h12-14,17H,2-11H2,1H3,(H,18,19)/t12-,13+,14?/m0/s1. The molecule has 0 spiro atoms. The lowest BCUT2D eigenvalue weighted by atomic mass is 9.77. The minimum atomic E-state index is -0.0230. The molecule has 3 fully saturated rings. The zero-order valence-electron chi connectivity index (χ0n) is 12.2. The fourth-order valence-electron chi connectivity index (χ4n) is 4.56. The quantitative estimate of drug-likeness (QED) is 0.822. The number of carbonyl (C=O) groups excluding carboxylic acids is 1. The van der Waals surface area contributed by atoms with Crippen molar-refractivity contribution in [1.82, 2.24) is 10.6 Å². The van der Waals surface area contributed by atoms with Crippen molar-refractivity contribution in [2.24, 2.45) is 17.3 Å². The zero-order chi connectivity index (χ0) is 13.3. The van der Waals surface area contributed by atoms with E-state index >= 15 is 0 Å². The average Bonchev–Trinajstić information content (AvgIpc) is 3.07. The average molecular weight is 264 g/mol. The number of fused-ring (bicyclic) bond motifs is 1. The summed E-state index contributed by atoms with van der Waals surface area (Å²) in [5.41, 5.74) is -0.0230. The predicted octanol–water partition coefficient (Wildman–Crippen LogP) is 2.46. The second kappa shape index (κ2) is 5.43. The Hall–Kier alpha value is -0.570. The fraction of sp³-hybridized carbons (Fsp3) is 0.938. The van der Waals surface area contributed by atoms with Gasteiger partial charge in [-0.15, -0.1) is 0 Å². The van der Waals surface area contributed by atoms with Crippen LogP contribution < -0.4 is 10.6 Å². The molecule has 3 rings (SSSR count). The first-order valence-electron chi connectivity index (χ1n) is 8.25. The molecule has 108 valence electrons. The maximum absolute atomic E-state index is 12.6. The third-order valence-electron chi connectivity index (χ3n) is 6.01. The molecule has 1 aliphatic heterocycles. The molecule has 2 aliphatic carbocycles. The highest BCUT2D eigenvalue weighted by molar-refractivity contribution is 5.83. The van der Waals surface area contributed by atoms with Crippen LogP contribution >= 0.6 is 0 Å². The molecule has 0 radical (unpaired) electrons. The number of carbonyl (C=O) groups is 1. The highest BCUT2D eigenvalue weighted by atomic mass is 16.2. The smallest absolute Gasteiger partial charge is 0.226 e. The third-order valence-corrected chi connectivity index (χ3v) is 6.01. The molecule has 3 nitrogen and oxygen atoms in total. The lowest BCUT2D eigenvalue weighted by Crippen LogP contribution is -2.47. The van der Waals surface area contributed by atoms with Gasteiger partial charge in [0.25, 0.3) is 0 Å². The van der Waals surface area contributed by atoms with Crippen LogP contribution in [0, 0.1) is 17.3 Å². The largest absolute Gasteiger partial charge is 0.353 e. The summed E-state index contributed by atoms with van der Waals surface area (Å²) >= 11 is 0. The summed E-state index contributed by atoms with van der Waals surface area (Å²) in [6, 6.07) is 0.442. The van der Waals surface area contributed by atoms with Crippen LogP contribution in [0.2, 0.25) is 0 Å². The van der Waals surface area contributed by atoms with E-state index in [-0.39, 0.29) is 5.41 Å². The van der Waals surface area contributed by atoms with E-state index in [4.69, 9.17) is 0 Å². The van der Waals surface area contributed by atoms with Gasteiger partial charge in [-0.2, -0.15) is 0 Å². The maximum atomic E-state index is 12.6. The van der Waals surface area contributed by atoms with Gasteiger partial charge in [0, 0.05) is 11.5 Å². The van der Waals surface area contributed by atoms with Crippen LogP contribution in [-0.2, 0) is 4.79 Å². The van der Waals surface area contributed by atoms with Crippen LogP contribution in [0.15, 0.2) is 0 Å². The molecule has 1 saturated heterocycles. The van der Waals surface area contributed by atoms with Crippen LogP contribution in [0.3, 0.4) is 0 Å². The minimum absolute atomic E-state index is 0.0230. The molecule has 3 atom stereocenters. The first-order valence-corrected chi connectivity index (χ1v) is 8.25. The van der Waals surface area contributed by atoms with Crippen LogP contribution in [0.4, 0.5) is 0 Å². The highest BCUT2D eigenvalue weighted by Gasteiger charge is 2.41. The Bertz CT molecular complexity index is 336. The molecule has 1 amide bonds. The van der Waals surface area contributed by atoms with Gasteiger partial charge in [-0.05, 0) is 63.5 Å². The van der Waals surface area contributed by atoms with Crippen LogP contribution in [-0.4, -0.2) is 25.0 Å². The maximum Gasteiger partial charge on any atom is 0.226 e. The summed E-state index contributed by atoms with van der Waals surface area (Å²) in [6.07, 6.45) is 9.38. The van der Waals surface area contributed by atoms with E-state index in [1.807, 2.05) is 0 Å². The first kappa shape index (κ1) is 13.4. The van der Waals surface area contributed by atoms with Crippen LogP contribution in [0.1, 0.15) is 58.3 Å². The van der Waals surface area contributed by atoms with Gasteiger partial charge in [0.2, 0.25) is 5.91 Å². The lowest BCUT2D eigenvalue weighted by molar-refractivity contribution is -0.132. The molecule has 1 unspecified atom stereocenters. The van der Waals surface area contributed by atoms with E-state index in [9.17, 15) is 4.79 Å². The zero-order valence-corrected chi connectivity index (χ0v) is 12.2. The Morgan fingerprint density at radius 1 is 1.21 bits per heavy atom. The molecule has 2 N–H and O–H groups in total. The van der Waals surface area contributed by atoms with Crippen molar-refractivity contribution in [3.63, 3.8) is 0 Å². The van der Waals surface area contributed by atoms with E-state index in [0.717, 1.165) is 37.6 Å².